The van der Waals surface area contributed by atoms with Gasteiger partial charge in [0.05, 0.1) is 6.04 Å². The third-order valence-corrected chi connectivity index (χ3v) is 2.25. The van der Waals surface area contributed by atoms with Crippen molar-refractivity contribution in [1.29, 1.82) is 0 Å². The minimum absolute atomic E-state index is 0.468. The minimum atomic E-state index is -2.53. The molecule has 1 aromatic carbocycles. The van der Waals surface area contributed by atoms with Crippen molar-refractivity contribution in [3.8, 4) is 0 Å². The third-order valence-electron chi connectivity index (χ3n) is 2.25. The van der Waals surface area contributed by atoms with Crippen molar-refractivity contribution in [2.24, 2.45) is 5.73 Å². The lowest BCUT2D eigenvalue weighted by atomic mass is 10.1. The Hall–Kier alpha value is -1.42. The molecular formula is C10H10F2N2. The summed E-state index contributed by atoms with van der Waals surface area (Å²) in [6.07, 6.45) is -0.990. The fourth-order valence-electron chi connectivity index (χ4n) is 1.51. The van der Waals surface area contributed by atoms with Crippen LogP contribution in [0.15, 0.2) is 30.5 Å². The second kappa shape index (κ2) is 3.38. The van der Waals surface area contributed by atoms with Crippen molar-refractivity contribution in [2.75, 3.05) is 0 Å². The zero-order chi connectivity index (χ0) is 10.1. The van der Waals surface area contributed by atoms with E-state index in [1.165, 1.54) is 0 Å². The van der Waals surface area contributed by atoms with E-state index < -0.39 is 12.5 Å². The first-order chi connectivity index (χ1) is 6.70. The van der Waals surface area contributed by atoms with E-state index in [-0.39, 0.29) is 0 Å². The summed E-state index contributed by atoms with van der Waals surface area (Å²) >= 11 is 0. The molecule has 0 radical (unpaired) electrons. The molecule has 0 aliphatic heterocycles. The number of halogens is 2. The van der Waals surface area contributed by atoms with Crippen LogP contribution < -0.4 is 5.73 Å². The predicted molar refractivity (Wildman–Crippen MR) is 51.2 cm³/mol. The lowest BCUT2D eigenvalue weighted by Gasteiger charge is -2.08. The maximum absolute atomic E-state index is 12.4. The van der Waals surface area contributed by atoms with Crippen LogP contribution in [0.4, 0.5) is 8.78 Å². The Bertz CT molecular complexity index is 436. The van der Waals surface area contributed by atoms with Crippen LogP contribution in [0.2, 0.25) is 0 Å². The number of nitrogens with two attached hydrogens (primary N) is 1. The van der Waals surface area contributed by atoms with Gasteiger partial charge in [-0.15, -0.1) is 0 Å². The fraction of sp³-hybridized carbons (Fsp3) is 0.200. The second-order valence-corrected chi connectivity index (χ2v) is 3.15. The molecule has 2 aromatic rings. The van der Waals surface area contributed by atoms with Gasteiger partial charge in [0.2, 0.25) is 0 Å². The molecule has 1 heterocycles. The van der Waals surface area contributed by atoms with Crippen molar-refractivity contribution in [2.45, 2.75) is 12.5 Å². The molecule has 4 heteroatoms. The summed E-state index contributed by atoms with van der Waals surface area (Å²) in [7, 11) is 0. The number of benzene rings is 1. The van der Waals surface area contributed by atoms with Gasteiger partial charge in [-0.25, -0.2) is 8.78 Å². The van der Waals surface area contributed by atoms with E-state index in [0.29, 0.717) is 5.56 Å². The van der Waals surface area contributed by atoms with Crippen molar-refractivity contribution in [3.63, 3.8) is 0 Å². The van der Waals surface area contributed by atoms with Gasteiger partial charge in [0, 0.05) is 17.1 Å². The van der Waals surface area contributed by atoms with E-state index in [1.54, 1.807) is 18.3 Å². The number of fused-ring (bicyclic) bond motifs is 1. The molecule has 2 nitrogen and oxygen atoms in total. The Labute approximate surface area is 79.7 Å². The molecule has 0 aliphatic carbocycles. The van der Waals surface area contributed by atoms with Gasteiger partial charge in [0.1, 0.15) is 0 Å². The SMILES string of the molecule is N[C@H](c1c[nH]c2ccccc12)C(F)F. The monoisotopic (exact) mass is 196 g/mol. The number of alkyl halides is 2. The molecule has 74 valence electrons. The molecule has 0 fully saturated rings. The number of para-hydroxylation sites is 1. The van der Waals surface area contributed by atoms with Crippen molar-refractivity contribution < 1.29 is 8.78 Å². The molecule has 0 aliphatic rings. The average Bonchev–Trinajstić information content (AvgIpc) is 2.60. The molecule has 0 saturated carbocycles. The quantitative estimate of drug-likeness (QED) is 0.761. The second-order valence-electron chi connectivity index (χ2n) is 3.15. The van der Waals surface area contributed by atoms with Crippen LogP contribution >= 0.6 is 0 Å². The van der Waals surface area contributed by atoms with Crippen molar-refractivity contribution in [1.82, 2.24) is 4.98 Å². The summed E-state index contributed by atoms with van der Waals surface area (Å²) in [5.41, 5.74) is 6.68. The number of aromatic amines is 1. The maximum Gasteiger partial charge on any atom is 0.257 e. The minimum Gasteiger partial charge on any atom is -0.361 e. The number of H-pyrrole nitrogens is 1. The maximum atomic E-state index is 12.4. The largest absolute Gasteiger partial charge is 0.361 e. The van der Waals surface area contributed by atoms with Gasteiger partial charge < -0.3 is 10.7 Å². The topological polar surface area (TPSA) is 41.8 Å². The van der Waals surface area contributed by atoms with Crippen LogP contribution in [0.1, 0.15) is 11.6 Å². The van der Waals surface area contributed by atoms with Gasteiger partial charge in [-0.1, -0.05) is 18.2 Å². The van der Waals surface area contributed by atoms with E-state index in [2.05, 4.69) is 4.98 Å². The Morgan fingerprint density at radius 1 is 1.21 bits per heavy atom. The van der Waals surface area contributed by atoms with Crippen LogP contribution in [0, 0.1) is 0 Å². The average molecular weight is 196 g/mol. The first-order valence-electron chi connectivity index (χ1n) is 4.30. The highest BCUT2D eigenvalue weighted by molar-refractivity contribution is 5.83. The van der Waals surface area contributed by atoms with E-state index in [4.69, 9.17) is 5.73 Å². The van der Waals surface area contributed by atoms with E-state index >= 15 is 0 Å². The van der Waals surface area contributed by atoms with Crippen LogP contribution in [-0.2, 0) is 0 Å². The Morgan fingerprint density at radius 3 is 2.64 bits per heavy atom. The number of rotatable bonds is 2. The van der Waals surface area contributed by atoms with Crippen LogP contribution in [0.5, 0.6) is 0 Å². The molecular weight excluding hydrogens is 186 g/mol. The predicted octanol–water partition coefficient (Wildman–Crippen LogP) is 2.43. The highest BCUT2D eigenvalue weighted by Gasteiger charge is 2.20. The number of hydrogen-bond donors (Lipinski definition) is 2. The van der Waals surface area contributed by atoms with Gasteiger partial charge in [-0.05, 0) is 11.6 Å². The van der Waals surface area contributed by atoms with Gasteiger partial charge in [0.15, 0.2) is 0 Å². The Kier molecular flexibility index (Phi) is 2.21. The molecule has 3 N–H and O–H groups in total. The number of aromatic nitrogens is 1. The number of hydrogen-bond acceptors (Lipinski definition) is 1. The summed E-state index contributed by atoms with van der Waals surface area (Å²) in [5.74, 6) is 0. The van der Waals surface area contributed by atoms with Gasteiger partial charge in [-0.2, -0.15) is 0 Å². The molecule has 2 rings (SSSR count). The van der Waals surface area contributed by atoms with Crippen LogP contribution in [0.25, 0.3) is 10.9 Å². The summed E-state index contributed by atoms with van der Waals surface area (Å²) < 4.78 is 24.8. The highest BCUT2D eigenvalue weighted by Crippen LogP contribution is 2.25. The summed E-state index contributed by atoms with van der Waals surface area (Å²) in [4.78, 5) is 2.91. The third kappa shape index (κ3) is 1.37. The molecule has 0 saturated heterocycles. The first-order valence-corrected chi connectivity index (χ1v) is 4.30. The van der Waals surface area contributed by atoms with E-state index in [0.717, 1.165) is 10.9 Å². The molecule has 0 spiro atoms. The smallest absolute Gasteiger partial charge is 0.257 e. The Balaban J connectivity index is 2.53. The zero-order valence-electron chi connectivity index (χ0n) is 7.37. The first kappa shape index (κ1) is 9.15. The van der Waals surface area contributed by atoms with Crippen molar-refractivity contribution >= 4 is 10.9 Å². The van der Waals surface area contributed by atoms with Gasteiger partial charge in [-0.3, -0.25) is 0 Å². The van der Waals surface area contributed by atoms with E-state index in [1.807, 2.05) is 12.1 Å². The standard InChI is InChI=1S/C10H10F2N2/c11-10(12)9(13)7-5-14-8-4-2-1-3-6(7)8/h1-5,9-10,14H,13H2/t9-/m1/s1. The molecule has 1 atom stereocenters. The molecule has 0 amide bonds. The zero-order valence-corrected chi connectivity index (χ0v) is 7.37. The van der Waals surface area contributed by atoms with Gasteiger partial charge >= 0.3 is 0 Å². The highest BCUT2D eigenvalue weighted by atomic mass is 19.3. The molecule has 0 unspecified atom stereocenters. The summed E-state index contributed by atoms with van der Waals surface area (Å²) in [5, 5.41) is 0.764. The summed E-state index contributed by atoms with van der Waals surface area (Å²) in [6.45, 7) is 0. The normalized spacial score (nSPS) is 13.7. The Morgan fingerprint density at radius 2 is 1.93 bits per heavy atom. The van der Waals surface area contributed by atoms with Gasteiger partial charge in [0.25, 0.3) is 6.43 Å². The summed E-state index contributed by atoms with van der Waals surface area (Å²) in [6, 6.07) is 6.04. The van der Waals surface area contributed by atoms with Crippen LogP contribution in [0.3, 0.4) is 0 Å². The fourth-order valence-corrected chi connectivity index (χ4v) is 1.51. The van der Waals surface area contributed by atoms with E-state index in [9.17, 15) is 8.78 Å². The lowest BCUT2D eigenvalue weighted by molar-refractivity contribution is 0.117. The van der Waals surface area contributed by atoms with Crippen molar-refractivity contribution in [3.05, 3.63) is 36.0 Å². The molecule has 1 aromatic heterocycles. The van der Waals surface area contributed by atoms with Crippen LogP contribution in [-0.4, -0.2) is 11.4 Å². The molecule has 0 bridgehead atoms. The molecule has 14 heavy (non-hydrogen) atoms. The lowest BCUT2D eigenvalue weighted by Crippen LogP contribution is -2.18. The number of nitrogens with one attached hydrogen (secondary N) is 1.